The van der Waals surface area contributed by atoms with Crippen LogP contribution in [0.3, 0.4) is 0 Å². The van der Waals surface area contributed by atoms with E-state index in [0.29, 0.717) is 25.6 Å². The van der Waals surface area contributed by atoms with E-state index < -0.39 is 0 Å². The van der Waals surface area contributed by atoms with Crippen LogP contribution in [-0.2, 0) is 4.79 Å². The Labute approximate surface area is 162 Å². The number of carbonyl (C=O) groups excluding carboxylic acids is 1. The Hall–Kier alpha value is -3.15. The molecule has 0 saturated carbocycles. The highest BCUT2D eigenvalue weighted by Crippen LogP contribution is 2.44. The first kappa shape index (κ1) is 17.3. The van der Waals surface area contributed by atoms with Crippen LogP contribution in [0.25, 0.3) is 10.9 Å². The molecule has 0 bridgehead atoms. The molecule has 0 spiro atoms. The molecule has 134 valence electrons. The van der Waals surface area contributed by atoms with Crippen molar-refractivity contribution in [1.29, 1.82) is 5.26 Å². The third-order valence-electron chi connectivity index (χ3n) is 4.61. The van der Waals surface area contributed by atoms with E-state index in [-0.39, 0.29) is 35.3 Å². The van der Waals surface area contributed by atoms with E-state index in [1.54, 1.807) is 6.07 Å². The van der Waals surface area contributed by atoms with Gasteiger partial charge < -0.3 is 16.8 Å². The number of rotatable bonds is 1. The minimum Gasteiger partial charge on any atom is -0.397 e. The molecule has 0 aliphatic carbocycles. The van der Waals surface area contributed by atoms with Crippen molar-refractivity contribution in [1.82, 2.24) is 4.98 Å². The zero-order valence-corrected chi connectivity index (χ0v) is 15.5. The number of nitrogen functional groups attached to an aromatic ring is 2. The van der Waals surface area contributed by atoms with Crippen molar-refractivity contribution >= 4 is 56.3 Å². The van der Waals surface area contributed by atoms with Crippen molar-refractivity contribution in [3.63, 3.8) is 0 Å². The lowest BCUT2D eigenvalue weighted by atomic mass is 9.86. The summed E-state index contributed by atoms with van der Waals surface area (Å²) < 4.78 is 0.352. The van der Waals surface area contributed by atoms with Gasteiger partial charge in [0.15, 0.2) is 0 Å². The molecule has 0 saturated heterocycles. The summed E-state index contributed by atoms with van der Waals surface area (Å²) in [6.45, 7) is 0. The largest absolute Gasteiger partial charge is 0.397 e. The van der Waals surface area contributed by atoms with Gasteiger partial charge in [-0.1, -0.05) is 41.1 Å². The molecule has 3 aromatic rings. The molecule has 1 aliphatic heterocycles. The third kappa shape index (κ3) is 2.60. The number of fused-ring (bicyclic) bond motifs is 3. The fourth-order valence-corrected chi connectivity index (χ4v) is 4.72. The van der Waals surface area contributed by atoms with Gasteiger partial charge in [-0.25, -0.2) is 10.4 Å². The van der Waals surface area contributed by atoms with E-state index in [9.17, 15) is 10.1 Å². The standard InChI is InChI=1S/C18H13ClN6OS/c19-10-4-2-1-3-7(10)8-5-11(26)24-18-12(8)15-13(17(23)27-18)14(21)9(6-20)16(22)25-15/h1-4,8,23H,5H2,(H,24,26)(H4,21,22,25)/p+1/t8-/m0/s1. The van der Waals surface area contributed by atoms with Crippen molar-refractivity contribution in [3.05, 3.63) is 50.6 Å². The van der Waals surface area contributed by atoms with Crippen molar-refractivity contribution < 1.29 is 10.2 Å². The number of carbonyl (C=O) groups is 1. The van der Waals surface area contributed by atoms with Gasteiger partial charge in [0, 0.05) is 22.9 Å². The second-order valence-electron chi connectivity index (χ2n) is 6.16. The molecule has 7 nitrogen and oxygen atoms in total. The summed E-state index contributed by atoms with van der Waals surface area (Å²) in [5.74, 6) is -0.451. The fraction of sp³-hybridized carbons (Fsp3) is 0.111. The second-order valence-corrected chi connectivity index (χ2v) is 7.62. The molecule has 0 unspecified atom stereocenters. The zero-order chi connectivity index (χ0) is 19.3. The van der Waals surface area contributed by atoms with Gasteiger partial charge in [0.2, 0.25) is 5.91 Å². The average Bonchev–Trinajstić information content (AvgIpc) is 2.61. The van der Waals surface area contributed by atoms with Crippen LogP contribution >= 0.6 is 22.9 Å². The van der Waals surface area contributed by atoms with Crippen molar-refractivity contribution in [2.75, 3.05) is 16.8 Å². The number of nitrogens with two attached hydrogens (primary N) is 3. The third-order valence-corrected chi connectivity index (χ3v) is 5.90. The van der Waals surface area contributed by atoms with E-state index in [4.69, 9.17) is 28.5 Å². The van der Waals surface area contributed by atoms with Gasteiger partial charge in [0.25, 0.3) is 4.67 Å². The summed E-state index contributed by atoms with van der Waals surface area (Å²) in [6.07, 6.45) is 0.198. The molecule has 1 atom stereocenters. The number of hydrogen-bond donors (Lipinski definition) is 4. The summed E-state index contributed by atoms with van der Waals surface area (Å²) in [5, 5.41) is 20.0. The van der Waals surface area contributed by atoms with Crippen molar-refractivity contribution in [2.45, 2.75) is 12.3 Å². The summed E-state index contributed by atoms with van der Waals surface area (Å²) >= 11 is 7.59. The van der Waals surface area contributed by atoms with E-state index >= 15 is 0 Å². The lowest BCUT2D eigenvalue weighted by molar-refractivity contribution is -0.164. The number of hydrogen-bond acceptors (Lipinski definition) is 6. The number of nitrogens with zero attached hydrogens (tertiary/aromatic N) is 2. The number of nitriles is 1. The van der Waals surface area contributed by atoms with Gasteiger partial charge in [0.05, 0.1) is 11.2 Å². The van der Waals surface area contributed by atoms with Crippen molar-refractivity contribution in [3.8, 4) is 6.07 Å². The van der Waals surface area contributed by atoms with Gasteiger partial charge in [-0.2, -0.15) is 5.26 Å². The maximum Gasteiger partial charge on any atom is 0.266 e. The number of benzene rings is 1. The Bertz CT molecular complexity index is 1230. The van der Waals surface area contributed by atoms with E-state index in [1.165, 1.54) is 11.3 Å². The molecule has 27 heavy (non-hydrogen) atoms. The van der Waals surface area contributed by atoms with Crippen LogP contribution in [0.1, 0.15) is 29.0 Å². The summed E-state index contributed by atoms with van der Waals surface area (Å²) in [5.41, 5.74) is 14.4. The number of anilines is 3. The molecular formula is C18H14ClN6OS+. The first-order chi connectivity index (χ1) is 12.9. The zero-order valence-electron chi connectivity index (χ0n) is 13.9. The summed E-state index contributed by atoms with van der Waals surface area (Å²) in [7, 11) is 0. The quantitative estimate of drug-likeness (QED) is 0.486. The smallest absolute Gasteiger partial charge is 0.266 e. The maximum absolute atomic E-state index is 12.3. The molecular weight excluding hydrogens is 384 g/mol. The van der Waals surface area contributed by atoms with Crippen LogP contribution in [0.15, 0.2) is 24.3 Å². The molecule has 1 aromatic carbocycles. The second kappa shape index (κ2) is 6.23. The highest BCUT2D eigenvalue weighted by Gasteiger charge is 2.33. The number of pyridine rings is 1. The van der Waals surface area contributed by atoms with E-state index in [0.717, 1.165) is 11.1 Å². The van der Waals surface area contributed by atoms with Crippen LogP contribution in [0, 0.1) is 11.3 Å². The van der Waals surface area contributed by atoms with E-state index in [1.807, 2.05) is 24.3 Å². The monoisotopic (exact) mass is 397 g/mol. The molecule has 9 heteroatoms. The molecule has 7 N–H and O–H groups in total. The van der Waals surface area contributed by atoms with Gasteiger partial charge in [-0.05, 0) is 11.6 Å². The molecule has 0 radical (unpaired) electrons. The Kier molecular flexibility index (Phi) is 3.98. The molecule has 2 aromatic heterocycles. The predicted octanol–water partition coefficient (Wildman–Crippen LogP) is 1.12. The molecule has 1 aliphatic rings. The van der Waals surface area contributed by atoms with Crippen molar-refractivity contribution in [2.24, 2.45) is 0 Å². The Morgan fingerprint density at radius 2 is 2.11 bits per heavy atom. The Morgan fingerprint density at radius 1 is 1.37 bits per heavy atom. The van der Waals surface area contributed by atoms with Gasteiger partial charge in [0.1, 0.15) is 27.8 Å². The van der Waals surface area contributed by atoms with Gasteiger partial charge >= 0.3 is 0 Å². The van der Waals surface area contributed by atoms with Crippen LogP contribution in [0.4, 0.5) is 16.5 Å². The Balaban J connectivity index is 2.14. The lowest BCUT2D eigenvalue weighted by Gasteiger charge is -2.27. The molecule has 4 rings (SSSR count). The molecule has 3 heterocycles. The minimum absolute atomic E-state index is 0.0232. The lowest BCUT2D eigenvalue weighted by Crippen LogP contribution is -2.44. The van der Waals surface area contributed by atoms with Gasteiger partial charge in [-0.15, -0.1) is 0 Å². The Morgan fingerprint density at radius 3 is 2.81 bits per heavy atom. The van der Waals surface area contributed by atoms with Gasteiger partial charge in [-0.3, -0.25) is 4.79 Å². The number of aromatic nitrogens is 1. The van der Waals surface area contributed by atoms with Crippen LogP contribution in [0.2, 0.25) is 5.02 Å². The highest BCUT2D eigenvalue weighted by atomic mass is 35.5. The summed E-state index contributed by atoms with van der Waals surface area (Å²) in [4.78, 5) is 16.7. The van der Waals surface area contributed by atoms with Crippen LogP contribution in [0.5, 0.6) is 0 Å². The topological polar surface area (TPSA) is 143 Å². The van der Waals surface area contributed by atoms with E-state index in [2.05, 4.69) is 10.3 Å². The predicted molar refractivity (Wildman–Crippen MR) is 105 cm³/mol. The summed E-state index contributed by atoms with van der Waals surface area (Å²) in [6, 6.07) is 9.30. The molecule has 1 amide bonds. The number of nitrogens with one attached hydrogen (secondary N) is 1. The first-order valence-corrected chi connectivity index (χ1v) is 9.20. The first-order valence-electron chi connectivity index (χ1n) is 8.00. The minimum atomic E-state index is -0.332. The fourth-order valence-electron chi connectivity index (χ4n) is 3.41. The number of amides is 1. The van der Waals surface area contributed by atoms with Crippen LogP contribution in [-0.4, -0.2) is 10.9 Å². The number of halogens is 1. The average molecular weight is 398 g/mol. The highest BCUT2D eigenvalue weighted by molar-refractivity contribution is 7.14. The normalized spacial score (nSPS) is 15.9. The molecule has 0 fully saturated rings. The SMILES string of the molecule is N#Cc1c(N)nc2c3c(sc(=[NH2+])c2c1N)NC(=O)C[C@H]3c1ccccc1Cl. The maximum atomic E-state index is 12.3. The van der Waals surface area contributed by atoms with Crippen LogP contribution < -0.4 is 26.9 Å².